The highest BCUT2D eigenvalue weighted by Gasteiger charge is 2.15. The maximum Gasteiger partial charge on any atom is 0.335 e. The smallest absolute Gasteiger partial charge is 0.335 e. The molecular weight excluding hydrogens is 281 g/mol. The minimum atomic E-state index is -1.24. The van der Waals surface area contributed by atoms with E-state index in [-0.39, 0.29) is 29.2 Å². The molecule has 0 saturated carbocycles. The minimum absolute atomic E-state index is 0.0178. The van der Waals surface area contributed by atoms with Crippen molar-refractivity contribution < 1.29 is 24.0 Å². The van der Waals surface area contributed by atoms with Gasteiger partial charge in [-0.1, -0.05) is 18.2 Å². The van der Waals surface area contributed by atoms with E-state index in [9.17, 15) is 19.3 Å². The molecule has 0 aliphatic rings. The zero-order valence-corrected chi connectivity index (χ0v) is 10.7. The molecule has 0 amide bonds. The lowest BCUT2D eigenvalue weighted by Gasteiger charge is -2.08. The van der Waals surface area contributed by atoms with Gasteiger partial charge in [-0.25, -0.2) is 9.18 Å². The Morgan fingerprint density at radius 1 is 1.29 bits per heavy atom. The van der Waals surface area contributed by atoms with E-state index < -0.39 is 16.7 Å². The van der Waals surface area contributed by atoms with Crippen LogP contribution in [0.5, 0.6) is 5.75 Å². The summed E-state index contributed by atoms with van der Waals surface area (Å²) >= 11 is 0. The molecule has 108 valence electrons. The van der Waals surface area contributed by atoms with Gasteiger partial charge in [-0.2, -0.15) is 0 Å². The molecule has 0 spiro atoms. The first kappa shape index (κ1) is 14.4. The summed E-state index contributed by atoms with van der Waals surface area (Å²) in [5.74, 6) is -1.96. The van der Waals surface area contributed by atoms with E-state index in [1.807, 2.05) is 0 Å². The average molecular weight is 291 g/mol. The molecule has 2 aromatic rings. The number of hydrogen-bond acceptors (Lipinski definition) is 4. The number of carboxylic acid groups (broad SMARTS) is 1. The molecule has 2 rings (SSSR count). The lowest BCUT2D eigenvalue weighted by atomic mass is 10.1. The molecule has 6 nitrogen and oxygen atoms in total. The summed E-state index contributed by atoms with van der Waals surface area (Å²) in [6.45, 7) is -0.239. The largest absolute Gasteiger partial charge is 0.482 e. The van der Waals surface area contributed by atoms with Crippen LogP contribution in [0.15, 0.2) is 42.5 Å². The van der Waals surface area contributed by atoms with Crippen LogP contribution in [0.3, 0.4) is 0 Å². The summed E-state index contributed by atoms with van der Waals surface area (Å²) in [7, 11) is 0. The van der Waals surface area contributed by atoms with E-state index in [4.69, 9.17) is 9.84 Å². The molecule has 0 bridgehead atoms. The van der Waals surface area contributed by atoms with Crippen LogP contribution in [0.2, 0.25) is 0 Å². The van der Waals surface area contributed by atoms with Crippen molar-refractivity contribution in [2.24, 2.45) is 0 Å². The van der Waals surface area contributed by atoms with Crippen LogP contribution >= 0.6 is 0 Å². The Hall–Kier alpha value is -2.96. The molecule has 0 unspecified atom stereocenters. The van der Waals surface area contributed by atoms with Crippen molar-refractivity contribution in [1.82, 2.24) is 0 Å². The number of carbonyl (C=O) groups is 1. The zero-order chi connectivity index (χ0) is 15.4. The van der Waals surface area contributed by atoms with E-state index in [0.717, 1.165) is 6.07 Å². The Morgan fingerprint density at radius 2 is 2.00 bits per heavy atom. The first-order valence-corrected chi connectivity index (χ1v) is 5.87. The van der Waals surface area contributed by atoms with E-state index in [1.54, 1.807) is 6.07 Å². The monoisotopic (exact) mass is 291 g/mol. The molecule has 1 N–H and O–H groups in total. The average Bonchev–Trinajstić information content (AvgIpc) is 2.46. The van der Waals surface area contributed by atoms with E-state index in [2.05, 4.69) is 0 Å². The molecule has 0 aliphatic heterocycles. The number of rotatable bonds is 5. The molecule has 21 heavy (non-hydrogen) atoms. The fourth-order valence-electron chi connectivity index (χ4n) is 1.68. The van der Waals surface area contributed by atoms with Crippen LogP contribution in [0.25, 0.3) is 0 Å². The third-order valence-electron chi connectivity index (χ3n) is 2.75. The van der Waals surface area contributed by atoms with Crippen LogP contribution in [-0.2, 0) is 6.61 Å². The first-order valence-electron chi connectivity index (χ1n) is 5.87. The van der Waals surface area contributed by atoms with Gasteiger partial charge in [0, 0.05) is 11.6 Å². The number of ether oxygens (including phenoxy) is 1. The second kappa shape index (κ2) is 6.00. The standard InChI is InChI=1S/C14H10FNO5/c15-11-7-9(14(17)18)5-6-10(11)8-21-13-4-2-1-3-12(13)16(19)20/h1-7H,8H2,(H,17,18). The molecule has 0 heterocycles. The van der Waals surface area contributed by atoms with E-state index in [1.165, 1.54) is 30.3 Å². The van der Waals surface area contributed by atoms with Crippen LogP contribution in [0.1, 0.15) is 15.9 Å². The van der Waals surface area contributed by atoms with Crippen molar-refractivity contribution in [2.45, 2.75) is 6.61 Å². The Morgan fingerprint density at radius 3 is 2.62 bits per heavy atom. The Labute approximate surface area is 118 Å². The Balaban J connectivity index is 2.17. The number of halogens is 1. The lowest BCUT2D eigenvalue weighted by Crippen LogP contribution is -2.03. The highest BCUT2D eigenvalue weighted by atomic mass is 19.1. The van der Waals surface area contributed by atoms with Crippen molar-refractivity contribution in [3.63, 3.8) is 0 Å². The molecule has 2 aromatic carbocycles. The fourth-order valence-corrected chi connectivity index (χ4v) is 1.68. The number of nitro benzene ring substituents is 1. The predicted molar refractivity (Wildman–Crippen MR) is 70.8 cm³/mol. The SMILES string of the molecule is O=C(O)c1ccc(COc2ccccc2[N+](=O)[O-])c(F)c1. The van der Waals surface area contributed by atoms with Gasteiger partial charge in [0.05, 0.1) is 10.5 Å². The molecule has 0 saturated heterocycles. The van der Waals surface area contributed by atoms with Gasteiger partial charge in [0.2, 0.25) is 0 Å². The number of nitro groups is 1. The molecule has 0 radical (unpaired) electrons. The van der Waals surface area contributed by atoms with E-state index >= 15 is 0 Å². The van der Waals surface area contributed by atoms with Gasteiger partial charge >= 0.3 is 11.7 Å². The number of aromatic carboxylic acids is 1. The van der Waals surface area contributed by atoms with Crippen molar-refractivity contribution in [3.05, 3.63) is 69.5 Å². The summed E-state index contributed by atoms with van der Waals surface area (Å²) in [5.41, 5.74) is -0.292. The Kier molecular flexibility index (Phi) is 4.13. The van der Waals surface area contributed by atoms with Gasteiger partial charge < -0.3 is 9.84 Å². The molecule has 7 heteroatoms. The second-order valence-electron chi connectivity index (χ2n) is 4.12. The van der Waals surface area contributed by atoms with E-state index in [0.29, 0.717) is 0 Å². The topological polar surface area (TPSA) is 89.7 Å². The molecule has 0 aliphatic carbocycles. The Bertz CT molecular complexity index is 702. The van der Waals surface area contributed by atoms with Gasteiger partial charge in [-0.3, -0.25) is 10.1 Å². The van der Waals surface area contributed by atoms with Crippen molar-refractivity contribution in [1.29, 1.82) is 0 Å². The van der Waals surface area contributed by atoms with Gasteiger partial charge in [0.1, 0.15) is 12.4 Å². The normalized spacial score (nSPS) is 10.1. The number of benzene rings is 2. The molecular formula is C14H10FNO5. The number of carboxylic acids is 1. The predicted octanol–water partition coefficient (Wildman–Crippen LogP) is 3.01. The molecule has 0 fully saturated rings. The van der Waals surface area contributed by atoms with Crippen molar-refractivity contribution in [2.75, 3.05) is 0 Å². The summed E-state index contributed by atoms with van der Waals surface area (Å²) in [5, 5.41) is 19.5. The maximum atomic E-state index is 13.7. The summed E-state index contributed by atoms with van der Waals surface area (Å²) < 4.78 is 18.9. The lowest BCUT2D eigenvalue weighted by molar-refractivity contribution is -0.385. The third-order valence-corrected chi connectivity index (χ3v) is 2.75. The van der Waals surface area contributed by atoms with Crippen molar-refractivity contribution in [3.8, 4) is 5.75 Å². The molecule has 0 aromatic heterocycles. The van der Waals surface area contributed by atoms with Gasteiger partial charge in [-0.05, 0) is 18.2 Å². The van der Waals surface area contributed by atoms with Crippen LogP contribution in [0, 0.1) is 15.9 Å². The van der Waals surface area contributed by atoms with Crippen LogP contribution in [-0.4, -0.2) is 16.0 Å². The maximum absolute atomic E-state index is 13.7. The summed E-state index contributed by atoms with van der Waals surface area (Å²) in [6.07, 6.45) is 0. The first-order chi connectivity index (χ1) is 9.99. The van der Waals surface area contributed by atoms with Gasteiger partial charge in [0.25, 0.3) is 0 Å². The van der Waals surface area contributed by atoms with Crippen molar-refractivity contribution >= 4 is 11.7 Å². The number of para-hydroxylation sites is 2. The third kappa shape index (κ3) is 3.33. The summed E-state index contributed by atoms with van der Waals surface area (Å²) in [6, 6.07) is 9.12. The number of hydrogen-bond donors (Lipinski definition) is 1. The van der Waals surface area contributed by atoms with Gasteiger partial charge in [0.15, 0.2) is 5.75 Å². The highest BCUT2D eigenvalue weighted by Crippen LogP contribution is 2.27. The second-order valence-corrected chi connectivity index (χ2v) is 4.12. The summed E-state index contributed by atoms with van der Waals surface area (Å²) in [4.78, 5) is 20.9. The van der Waals surface area contributed by atoms with Crippen LogP contribution < -0.4 is 4.74 Å². The van der Waals surface area contributed by atoms with Crippen LogP contribution in [0.4, 0.5) is 10.1 Å². The van der Waals surface area contributed by atoms with Gasteiger partial charge in [-0.15, -0.1) is 0 Å². The minimum Gasteiger partial charge on any atom is -0.482 e. The highest BCUT2D eigenvalue weighted by molar-refractivity contribution is 5.87. The fraction of sp³-hybridized carbons (Fsp3) is 0.0714. The number of nitrogens with zero attached hydrogens (tertiary/aromatic N) is 1. The zero-order valence-electron chi connectivity index (χ0n) is 10.7. The molecule has 0 atom stereocenters. The quantitative estimate of drug-likeness (QED) is 0.675.